The maximum atomic E-state index is 5.03. The Hall–Kier alpha value is -6.98. The van der Waals surface area contributed by atoms with Gasteiger partial charge in [-0.3, -0.25) is 9.55 Å². The molecule has 0 amide bonds. The van der Waals surface area contributed by atoms with Gasteiger partial charge in [0.15, 0.2) is 11.6 Å². The SMILES string of the molecule is c1ccc(-c2cc(-c3cccc(-c4ccc(-c5ccc(-c6nc7ccccc7n6-c6ccccc6)nc5)cc4)c3)nc(-c3ccccc3)n2)cc1. The fourth-order valence-corrected chi connectivity index (χ4v) is 6.51. The van der Waals surface area contributed by atoms with E-state index in [9.17, 15) is 0 Å². The Morgan fingerprint density at radius 3 is 1.63 bits per heavy atom. The molecule has 240 valence electrons. The van der Waals surface area contributed by atoms with E-state index in [1.54, 1.807) is 0 Å². The summed E-state index contributed by atoms with van der Waals surface area (Å²) in [6, 6.07) is 62.4. The molecule has 0 bridgehead atoms. The molecule has 9 rings (SSSR count). The van der Waals surface area contributed by atoms with Gasteiger partial charge in [-0.1, -0.05) is 140 Å². The van der Waals surface area contributed by atoms with Gasteiger partial charge in [0.1, 0.15) is 5.69 Å². The van der Waals surface area contributed by atoms with Gasteiger partial charge in [-0.05, 0) is 59.2 Å². The number of aromatic nitrogens is 5. The summed E-state index contributed by atoms with van der Waals surface area (Å²) in [5.41, 5.74) is 13.1. The molecular formula is C46H31N5. The molecule has 0 aliphatic carbocycles. The molecular weight excluding hydrogens is 623 g/mol. The van der Waals surface area contributed by atoms with Crippen molar-refractivity contribution in [1.82, 2.24) is 24.5 Å². The largest absolute Gasteiger partial charge is 0.291 e. The second kappa shape index (κ2) is 13.1. The van der Waals surface area contributed by atoms with Crippen LogP contribution >= 0.6 is 0 Å². The predicted molar refractivity (Wildman–Crippen MR) is 207 cm³/mol. The highest BCUT2D eigenvalue weighted by Crippen LogP contribution is 2.32. The van der Waals surface area contributed by atoms with Gasteiger partial charge in [-0.2, -0.15) is 0 Å². The van der Waals surface area contributed by atoms with Gasteiger partial charge in [-0.15, -0.1) is 0 Å². The van der Waals surface area contributed by atoms with Crippen molar-refractivity contribution >= 4 is 11.0 Å². The summed E-state index contributed by atoms with van der Waals surface area (Å²) < 4.78 is 2.17. The molecule has 9 aromatic rings. The Labute approximate surface area is 296 Å². The van der Waals surface area contributed by atoms with Crippen LogP contribution in [0.2, 0.25) is 0 Å². The molecule has 51 heavy (non-hydrogen) atoms. The minimum atomic E-state index is 0.707. The monoisotopic (exact) mass is 653 g/mol. The van der Waals surface area contributed by atoms with Crippen LogP contribution in [-0.4, -0.2) is 24.5 Å². The van der Waals surface area contributed by atoms with Crippen LogP contribution in [0.4, 0.5) is 0 Å². The van der Waals surface area contributed by atoms with Crippen LogP contribution < -0.4 is 0 Å². The Morgan fingerprint density at radius 2 is 0.922 bits per heavy atom. The van der Waals surface area contributed by atoms with Gasteiger partial charge in [0.2, 0.25) is 0 Å². The molecule has 0 radical (unpaired) electrons. The predicted octanol–water partition coefficient (Wildman–Crippen LogP) is 11.2. The third-order valence-electron chi connectivity index (χ3n) is 9.11. The molecule has 0 aliphatic heterocycles. The molecule has 0 saturated heterocycles. The number of imidazole rings is 1. The Balaban J connectivity index is 1.02. The number of fused-ring (bicyclic) bond motifs is 1. The maximum Gasteiger partial charge on any atom is 0.164 e. The van der Waals surface area contributed by atoms with E-state index in [1.807, 2.05) is 79.0 Å². The molecule has 0 N–H and O–H groups in total. The van der Waals surface area contributed by atoms with Crippen molar-refractivity contribution in [2.45, 2.75) is 0 Å². The van der Waals surface area contributed by atoms with Crippen LogP contribution in [0.15, 0.2) is 188 Å². The lowest BCUT2D eigenvalue weighted by Crippen LogP contribution is -1.98. The van der Waals surface area contributed by atoms with E-state index < -0.39 is 0 Å². The Morgan fingerprint density at radius 1 is 0.353 bits per heavy atom. The number of hydrogen-bond acceptors (Lipinski definition) is 4. The number of para-hydroxylation sites is 3. The second-order valence-corrected chi connectivity index (χ2v) is 12.4. The van der Waals surface area contributed by atoms with Crippen molar-refractivity contribution < 1.29 is 0 Å². The highest BCUT2D eigenvalue weighted by atomic mass is 15.1. The standard InChI is InChI=1S/C46H31N5/c1-4-13-34(14-5-1)42-30-43(49-45(48-42)35-15-6-2-7-16-35)37-18-12-17-36(29-37)32-23-25-33(26-24-32)38-27-28-41(47-31-38)46-50-40-21-10-11-22-44(40)51(46)39-19-8-3-9-20-39/h1-31H. The summed E-state index contributed by atoms with van der Waals surface area (Å²) >= 11 is 0. The molecule has 0 fully saturated rings. The fourth-order valence-electron chi connectivity index (χ4n) is 6.51. The lowest BCUT2D eigenvalue weighted by Gasteiger charge is -2.11. The van der Waals surface area contributed by atoms with Gasteiger partial charge in [0, 0.05) is 34.1 Å². The van der Waals surface area contributed by atoms with Gasteiger partial charge >= 0.3 is 0 Å². The Kier molecular flexibility index (Phi) is 7.76. The summed E-state index contributed by atoms with van der Waals surface area (Å²) in [4.78, 5) is 19.8. The third-order valence-corrected chi connectivity index (χ3v) is 9.11. The second-order valence-electron chi connectivity index (χ2n) is 12.4. The molecule has 6 aromatic carbocycles. The van der Waals surface area contributed by atoms with Crippen LogP contribution in [0.1, 0.15) is 0 Å². The molecule has 5 nitrogen and oxygen atoms in total. The van der Waals surface area contributed by atoms with E-state index in [-0.39, 0.29) is 0 Å². The highest BCUT2D eigenvalue weighted by Gasteiger charge is 2.16. The first-order valence-corrected chi connectivity index (χ1v) is 17.0. The number of benzene rings is 6. The molecule has 0 spiro atoms. The first kappa shape index (κ1) is 30.1. The number of hydrogen-bond donors (Lipinski definition) is 0. The van der Waals surface area contributed by atoms with Gasteiger partial charge < -0.3 is 0 Å². The molecule has 0 aliphatic rings. The number of nitrogens with zero attached hydrogens (tertiary/aromatic N) is 5. The summed E-state index contributed by atoms with van der Waals surface area (Å²) in [5.74, 6) is 1.53. The van der Waals surface area contributed by atoms with E-state index in [2.05, 4.69) is 114 Å². The average Bonchev–Trinajstić information content (AvgIpc) is 3.62. The fraction of sp³-hybridized carbons (Fsp3) is 0. The zero-order valence-electron chi connectivity index (χ0n) is 27.6. The third kappa shape index (κ3) is 5.98. The highest BCUT2D eigenvalue weighted by molar-refractivity contribution is 5.83. The summed E-state index contributed by atoms with van der Waals surface area (Å²) in [7, 11) is 0. The van der Waals surface area contributed by atoms with Crippen LogP contribution in [0, 0.1) is 0 Å². The summed E-state index contributed by atoms with van der Waals surface area (Å²) in [6.07, 6.45) is 1.93. The summed E-state index contributed by atoms with van der Waals surface area (Å²) in [6.45, 7) is 0. The number of rotatable bonds is 7. The van der Waals surface area contributed by atoms with Gasteiger partial charge in [0.25, 0.3) is 0 Å². The van der Waals surface area contributed by atoms with Crippen molar-refractivity contribution in [2.24, 2.45) is 0 Å². The van der Waals surface area contributed by atoms with Gasteiger partial charge in [0.05, 0.1) is 22.4 Å². The van der Waals surface area contributed by atoms with Crippen LogP contribution in [0.25, 0.3) is 84.4 Å². The molecule has 5 heteroatoms. The van der Waals surface area contributed by atoms with Crippen molar-refractivity contribution in [2.75, 3.05) is 0 Å². The van der Waals surface area contributed by atoms with Gasteiger partial charge in [-0.25, -0.2) is 15.0 Å². The minimum Gasteiger partial charge on any atom is -0.291 e. The number of pyridine rings is 1. The zero-order chi connectivity index (χ0) is 34.0. The van der Waals surface area contributed by atoms with Crippen LogP contribution in [0.5, 0.6) is 0 Å². The van der Waals surface area contributed by atoms with Crippen molar-refractivity contribution in [3.63, 3.8) is 0 Å². The maximum absolute atomic E-state index is 5.03. The zero-order valence-corrected chi connectivity index (χ0v) is 27.6. The lowest BCUT2D eigenvalue weighted by atomic mass is 9.98. The van der Waals surface area contributed by atoms with E-state index in [4.69, 9.17) is 19.9 Å². The molecule has 0 unspecified atom stereocenters. The Bertz CT molecular complexity index is 2540. The van der Waals surface area contributed by atoms with E-state index in [1.165, 1.54) is 0 Å². The van der Waals surface area contributed by atoms with Crippen molar-refractivity contribution in [3.05, 3.63) is 188 Å². The quantitative estimate of drug-likeness (QED) is 0.172. The first-order chi connectivity index (χ1) is 25.3. The molecule has 3 heterocycles. The van der Waals surface area contributed by atoms with Crippen molar-refractivity contribution in [1.29, 1.82) is 0 Å². The molecule has 0 saturated carbocycles. The van der Waals surface area contributed by atoms with E-state index >= 15 is 0 Å². The first-order valence-electron chi connectivity index (χ1n) is 17.0. The molecule has 3 aromatic heterocycles. The van der Waals surface area contributed by atoms with Crippen LogP contribution in [-0.2, 0) is 0 Å². The van der Waals surface area contributed by atoms with Crippen LogP contribution in [0.3, 0.4) is 0 Å². The summed E-state index contributed by atoms with van der Waals surface area (Å²) in [5, 5.41) is 0. The smallest absolute Gasteiger partial charge is 0.164 e. The minimum absolute atomic E-state index is 0.707. The van der Waals surface area contributed by atoms with E-state index in [0.717, 1.165) is 78.6 Å². The normalized spacial score (nSPS) is 11.1. The molecule has 0 atom stereocenters. The van der Waals surface area contributed by atoms with Crippen molar-refractivity contribution in [3.8, 4) is 73.4 Å². The van der Waals surface area contributed by atoms with E-state index in [0.29, 0.717) is 5.82 Å². The lowest BCUT2D eigenvalue weighted by molar-refractivity contribution is 1.08. The average molecular weight is 654 g/mol. The topological polar surface area (TPSA) is 56.5 Å².